The van der Waals surface area contributed by atoms with Crippen LogP contribution in [0.5, 0.6) is 0 Å². The first-order valence-electron chi connectivity index (χ1n) is 6.77. The van der Waals surface area contributed by atoms with E-state index in [1.807, 2.05) is 32.0 Å². The molecule has 0 aromatic heterocycles. The second-order valence-corrected chi connectivity index (χ2v) is 5.63. The van der Waals surface area contributed by atoms with Crippen LogP contribution >= 0.6 is 11.6 Å². The van der Waals surface area contributed by atoms with Crippen molar-refractivity contribution in [2.24, 2.45) is 0 Å². The molecule has 0 atom stereocenters. The molecular formula is C15H22ClN3O2. The molecule has 1 aromatic rings. The number of nitrogens with zero attached hydrogens (tertiary/aromatic N) is 2. The van der Waals surface area contributed by atoms with Gasteiger partial charge in [0.1, 0.15) is 6.54 Å². The molecule has 21 heavy (non-hydrogen) atoms. The zero-order valence-electron chi connectivity index (χ0n) is 12.9. The van der Waals surface area contributed by atoms with Crippen LogP contribution in [-0.4, -0.2) is 50.4 Å². The Balaban J connectivity index is 2.76. The van der Waals surface area contributed by atoms with Crippen LogP contribution in [0.2, 0.25) is 5.02 Å². The minimum Gasteiger partial charge on any atom is -0.353 e. The van der Waals surface area contributed by atoms with Crippen LogP contribution in [0.1, 0.15) is 12.5 Å². The minimum atomic E-state index is -0.192. The highest BCUT2D eigenvalue weighted by molar-refractivity contribution is 6.31. The van der Waals surface area contributed by atoms with E-state index in [0.717, 1.165) is 12.1 Å². The molecule has 116 valence electrons. The number of hydrogen-bond acceptors (Lipinski definition) is 3. The molecule has 0 bridgehead atoms. The SMILES string of the molecule is CC(=O)N(CC(=O)NCCN(C)C)c1cc(Cl)ccc1C. The lowest BCUT2D eigenvalue weighted by Gasteiger charge is -2.23. The largest absolute Gasteiger partial charge is 0.353 e. The van der Waals surface area contributed by atoms with Gasteiger partial charge in [0.05, 0.1) is 0 Å². The summed E-state index contributed by atoms with van der Waals surface area (Å²) >= 11 is 5.98. The summed E-state index contributed by atoms with van der Waals surface area (Å²) in [6.07, 6.45) is 0. The number of nitrogens with one attached hydrogen (secondary N) is 1. The third-order valence-electron chi connectivity index (χ3n) is 3.02. The summed E-state index contributed by atoms with van der Waals surface area (Å²) in [5, 5.41) is 3.33. The van der Waals surface area contributed by atoms with E-state index in [1.54, 1.807) is 12.1 Å². The average Bonchev–Trinajstić information content (AvgIpc) is 2.38. The van der Waals surface area contributed by atoms with Crippen molar-refractivity contribution in [1.29, 1.82) is 0 Å². The lowest BCUT2D eigenvalue weighted by Crippen LogP contribution is -2.41. The number of amides is 2. The molecule has 0 saturated heterocycles. The van der Waals surface area contributed by atoms with Gasteiger partial charge in [-0.15, -0.1) is 0 Å². The van der Waals surface area contributed by atoms with Crippen molar-refractivity contribution in [2.75, 3.05) is 38.6 Å². The maximum Gasteiger partial charge on any atom is 0.240 e. The van der Waals surface area contributed by atoms with Gasteiger partial charge in [-0.2, -0.15) is 0 Å². The molecule has 0 aliphatic heterocycles. The highest BCUT2D eigenvalue weighted by Crippen LogP contribution is 2.24. The molecule has 0 radical (unpaired) electrons. The number of carbonyl (C=O) groups excluding carboxylic acids is 2. The van der Waals surface area contributed by atoms with Gasteiger partial charge >= 0.3 is 0 Å². The molecule has 0 spiro atoms. The van der Waals surface area contributed by atoms with Crippen molar-refractivity contribution >= 4 is 29.1 Å². The summed E-state index contributed by atoms with van der Waals surface area (Å²) in [6.45, 7) is 4.61. The molecule has 0 aliphatic carbocycles. The van der Waals surface area contributed by atoms with E-state index in [-0.39, 0.29) is 18.4 Å². The lowest BCUT2D eigenvalue weighted by molar-refractivity contribution is -0.123. The molecule has 5 nitrogen and oxygen atoms in total. The Hall–Kier alpha value is -1.59. The van der Waals surface area contributed by atoms with Gasteiger partial charge in [0.25, 0.3) is 0 Å². The summed E-state index contributed by atoms with van der Waals surface area (Å²) in [5.74, 6) is -0.380. The Morgan fingerprint density at radius 1 is 1.29 bits per heavy atom. The Morgan fingerprint density at radius 3 is 2.52 bits per heavy atom. The van der Waals surface area contributed by atoms with Gasteiger partial charge in [-0.05, 0) is 38.7 Å². The lowest BCUT2D eigenvalue weighted by atomic mass is 10.1. The molecule has 1 aromatic carbocycles. The molecule has 0 heterocycles. The van der Waals surface area contributed by atoms with Gasteiger partial charge in [-0.1, -0.05) is 17.7 Å². The van der Waals surface area contributed by atoms with Crippen LogP contribution in [0.4, 0.5) is 5.69 Å². The quantitative estimate of drug-likeness (QED) is 0.869. The number of benzene rings is 1. The van der Waals surface area contributed by atoms with E-state index >= 15 is 0 Å². The van der Waals surface area contributed by atoms with Gasteiger partial charge in [-0.3, -0.25) is 9.59 Å². The third-order valence-corrected chi connectivity index (χ3v) is 3.26. The fourth-order valence-corrected chi connectivity index (χ4v) is 2.02. The van der Waals surface area contributed by atoms with Gasteiger partial charge < -0.3 is 15.1 Å². The molecular weight excluding hydrogens is 290 g/mol. The first kappa shape index (κ1) is 17.5. The molecule has 2 amide bonds. The van der Waals surface area contributed by atoms with Crippen molar-refractivity contribution < 1.29 is 9.59 Å². The number of aryl methyl sites for hydroxylation is 1. The highest BCUT2D eigenvalue weighted by atomic mass is 35.5. The van der Waals surface area contributed by atoms with Crippen molar-refractivity contribution in [3.8, 4) is 0 Å². The van der Waals surface area contributed by atoms with Gasteiger partial charge in [0.15, 0.2) is 0 Å². The fraction of sp³-hybridized carbons (Fsp3) is 0.467. The van der Waals surface area contributed by atoms with Crippen molar-refractivity contribution in [2.45, 2.75) is 13.8 Å². The Morgan fingerprint density at radius 2 is 1.95 bits per heavy atom. The van der Waals surface area contributed by atoms with Crippen LogP contribution in [0.25, 0.3) is 0 Å². The van der Waals surface area contributed by atoms with Crippen LogP contribution < -0.4 is 10.2 Å². The van der Waals surface area contributed by atoms with Crippen molar-refractivity contribution in [3.63, 3.8) is 0 Å². The summed E-state index contributed by atoms with van der Waals surface area (Å²) in [5.41, 5.74) is 1.56. The zero-order valence-corrected chi connectivity index (χ0v) is 13.7. The summed E-state index contributed by atoms with van der Waals surface area (Å²) < 4.78 is 0. The zero-order chi connectivity index (χ0) is 16.0. The number of rotatable bonds is 6. The third kappa shape index (κ3) is 5.73. The van der Waals surface area contributed by atoms with Crippen LogP contribution in [0.15, 0.2) is 18.2 Å². The highest BCUT2D eigenvalue weighted by Gasteiger charge is 2.17. The van der Waals surface area contributed by atoms with Gasteiger partial charge in [0.2, 0.25) is 11.8 Å². The van der Waals surface area contributed by atoms with Crippen LogP contribution in [-0.2, 0) is 9.59 Å². The molecule has 0 aliphatic rings. The average molecular weight is 312 g/mol. The Labute approximate surface area is 130 Å². The van der Waals surface area contributed by atoms with E-state index < -0.39 is 0 Å². The van der Waals surface area contributed by atoms with Gasteiger partial charge in [0, 0.05) is 30.7 Å². The number of likely N-dealkylation sites (N-methyl/N-ethyl adjacent to an activating group) is 1. The predicted octanol–water partition coefficient (Wildman–Crippen LogP) is 1.68. The number of hydrogen-bond donors (Lipinski definition) is 1. The topological polar surface area (TPSA) is 52.7 Å². The maximum atomic E-state index is 12.0. The van der Waals surface area contributed by atoms with Gasteiger partial charge in [-0.25, -0.2) is 0 Å². The van der Waals surface area contributed by atoms with Crippen molar-refractivity contribution in [3.05, 3.63) is 28.8 Å². The monoisotopic (exact) mass is 311 g/mol. The second-order valence-electron chi connectivity index (χ2n) is 5.19. The fourth-order valence-electron chi connectivity index (χ4n) is 1.86. The minimum absolute atomic E-state index is 0.00998. The van der Waals surface area contributed by atoms with E-state index in [2.05, 4.69) is 5.32 Å². The summed E-state index contributed by atoms with van der Waals surface area (Å²) in [7, 11) is 3.87. The molecule has 0 fully saturated rings. The summed E-state index contributed by atoms with van der Waals surface area (Å²) in [4.78, 5) is 27.2. The van der Waals surface area contributed by atoms with Crippen LogP contribution in [0, 0.1) is 6.92 Å². The second kappa shape index (κ2) is 8.00. The summed E-state index contributed by atoms with van der Waals surface area (Å²) in [6, 6.07) is 5.29. The maximum absolute atomic E-state index is 12.0. The molecule has 0 unspecified atom stereocenters. The molecule has 1 rings (SSSR count). The normalized spacial score (nSPS) is 10.6. The number of anilines is 1. The molecule has 6 heteroatoms. The number of halogens is 1. The van der Waals surface area contributed by atoms with E-state index in [1.165, 1.54) is 11.8 Å². The van der Waals surface area contributed by atoms with Crippen molar-refractivity contribution in [1.82, 2.24) is 10.2 Å². The Bertz CT molecular complexity index is 518. The predicted molar refractivity (Wildman–Crippen MR) is 85.8 cm³/mol. The van der Waals surface area contributed by atoms with E-state index in [4.69, 9.17) is 11.6 Å². The first-order valence-corrected chi connectivity index (χ1v) is 7.14. The smallest absolute Gasteiger partial charge is 0.240 e. The van der Waals surface area contributed by atoms with Crippen LogP contribution in [0.3, 0.4) is 0 Å². The molecule has 1 N–H and O–H groups in total. The molecule has 0 saturated carbocycles. The van der Waals surface area contributed by atoms with E-state index in [0.29, 0.717) is 17.3 Å². The standard InChI is InChI=1S/C15H22ClN3O2/c1-11-5-6-13(16)9-14(11)19(12(2)20)10-15(21)17-7-8-18(3)4/h5-6,9H,7-8,10H2,1-4H3,(H,17,21). The Kier molecular flexibility index (Phi) is 6.65. The number of carbonyl (C=O) groups is 2. The van der Waals surface area contributed by atoms with E-state index in [9.17, 15) is 9.59 Å². The first-order chi connectivity index (χ1) is 9.81.